The van der Waals surface area contributed by atoms with Crippen LogP contribution in [0.3, 0.4) is 0 Å². The van der Waals surface area contributed by atoms with Gasteiger partial charge in [-0.25, -0.2) is 0 Å². The predicted octanol–water partition coefficient (Wildman–Crippen LogP) is 2.61. The quantitative estimate of drug-likeness (QED) is 0.532. The summed E-state index contributed by atoms with van der Waals surface area (Å²) in [5.41, 5.74) is 3.07. The number of aromatic nitrogens is 2. The fourth-order valence-electron chi connectivity index (χ4n) is 3.23. The van der Waals surface area contributed by atoms with Crippen LogP contribution >= 0.6 is 18.5 Å². The Morgan fingerprint density at radius 3 is 1.62 bits per heavy atom. The summed E-state index contributed by atoms with van der Waals surface area (Å²) in [5, 5.41) is 1.91. The Hall–Kier alpha value is -1.70. The Bertz CT molecular complexity index is 1000. The molecule has 0 radical (unpaired) electrons. The molecule has 0 bridgehead atoms. The second kappa shape index (κ2) is 6.31. The van der Waals surface area contributed by atoms with E-state index in [0.29, 0.717) is 18.3 Å². The van der Waals surface area contributed by atoms with E-state index < -0.39 is 0 Å². The maximum atomic E-state index is 12.4. The summed E-state index contributed by atoms with van der Waals surface area (Å²) in [7, 11) is 6.73. The van der Waals surface area contributed by atoms with Crippen LogP contribution in [0.25, 0.3) is 21.8 Å². The van der Waals surface area contributed by atoms with Gasteiger partial charge in [0.05, 0.1) is 18.1 Å². The van der Waals surface area contributed by atoms with E-state index in [1.165, 1.54) is 0 Å². The van der Waals surface area contributed by atoms with Gasteiger partial charge < -0.3 is 13.9 Å². The molecule has 0 aliphatic heterocycles. The Morgan fingerprint density at radius 2 is 1.29 bits per heavy atom. The Morgan fingerprint density at radius 1 is 0.875 bits per heavy atom. The van der Waals surface area contributed by atoms with Crippen molar-refractivity contribution in [1.82, 2.24) is 9.13 Å². The van der Waals surface area contributed by atoms with Crippen LogP contribution in [0.2, 0.25) is 0 Å². The van der Waals surface area contributed by atoms with Crippen molar-refractivity contribution in [3.8, 4) is 5.75 Å². The van der Waals surface area contributed by atoms with Gasteiger partial charge in [0, 0.05) is 35.5 Å². The number of hydrogen-bond donors (Lipinski definition) is 0. The third-order valence-corrected chi connectivity index (χ3v) is 5.13. The first-order valence-electron chi connectivity index (χ1n) is 7.60. The monoisotopic (exact) mass is 362 g/mol. The van der Waals surface area contributed by atoms with Crippen molar-refractivity contribution in [2.24, 2.45) is 0 Å². The van der Waals surface area contributed by atoms with E-state index >= 15 is 0 Å². The Labute approximate surface area is 144 Å². The third-order valence-electron chi connectivity index (χ3n) is 4.40. The predicted molar refractivity (Wildman–Crippen MR) is 105 cm³/mol. The molecule has 126 valence electrons. The molecular formula is C17H20N2O3P2. The Balaban J connectivity index is 2.76. The maximum Gasteiger partial charge on any atom is 0.251 e. The highest BCUT2D eigenvalue weighted by molar-refractivity contribution is 7.15. The lowest BCUT2D eigenvalue weighted by Crippen LogP contribution is -2.21. The van der Waals surface area contributed by atoms with E-state index in [-0.39, 0.29) is 11.1 Å². The van der Waals surface area contributed by atoms with E-state index in [4.69, 9.17) is 4.74 Å². The van der Waals surface area contributed by atoms with Gasteiger partial charge in [-0.3, -0.25) is 9.59 Å². The molecule has 7 heteroatoms. The zero-order chi connectivity index (χ0) is 17.6. The maximum absolute atomic E-state index is 12.4. The van der Waals surface area contributed by atoms with Crippen LogP contribution in [0.4, 0.5) is 0 Å². The Kier molecular flexibility index (Phi) is 4.50. The van der Waals surface area contributed by atoms with Gasteiger partial charge in [-0.15, -0.1) is 18.5 Å². The summed E-state index contributed by atoms with van der Waals surface area (Å²) in [4.78, 5) is 24.8. The number of pyridine rings is 2. The average Bonchev–Trinajstić information content (AvgIpc) is 2.54. The number of benzene rings is 1. The van der Waals surface area contributed by atoms with Crippen molar-refractivity contribution in [2.75, 3.05) is 7.11 Å². The zero-order valence-corrected chi connectivity index (χ0v) is 16.2. The molecule has 2 unspecified atom stereocenters. The van der Waals surface area contributed by atoms with Crippen LogP contribution in [0.5, 0.6) is 5.75 Å². The van der Waals surface area contributed by atoms with Gasteiger partial charge in [-0.2, -0.15) is 0 Å². The molecular weight excluding hydrogens is 342 g/mol. The van der Waals surface area contributed by atoms with Crippen molar-refractivity contribution < 1.29 is 4.74 Å². The number of fused-ring (bicyclic) bond motifs is 2. The topological polar surface area (TPSA) is 53.2 Å². The fourth-order valence-corrected chi connectivity index (χ4v) is 3.96. The average molecular weight is 362 g/mol. The van der Waals surface area contributed by atoms with Crippen molar-refractivity contribution in [3.63, 3.8) is 0 Å². The van der Waals surface area contributed by atoms with Crippen LogP contribution in [0.15, 0.2) is 27.8 Å². The number of nitrogens with zero attached hydrogens (tertiary/aromatic N) is 2. The number of rotatable bonds is 3. The van der Waals surface area contributed by atoms with Crippen LogP contribution in [-0.2, 0) is 12.6 Å². The molecule has 3 aromatic rings. The highest BCUT2D eigenvalue weighted by Gasteiger charge is 2.18. The van der Waals surface area contributed by atoms with E-state index in [1.807, 2.05) is 19.9 Å². The standard InChI is InChI=1S/C17H20N2O3P2/c1-9-4-13(20)18(7-23)15-11(9)6-12-10(2)5-14(21)19(8-24)16(12)17(15)22-3/h4-6H,7-8,23-24H2,1-3H3. The molecule has 1 aromatic carbocycles. The SMILES string of the molecule is COc1c2c(cc3c(C)cc(=O)n(CP)c13)c(C)cc(=O)n2CP. The summed E-state index contributed by atoms with van der Waals surface area (Å²) >= 11 is 0. The third kappa shape index (κ3) is 2.39. The largest absolute Gasteiger partial charge is 0.492 e. The summed E-state index contributed by atoms with van der Waals surface area (Å²) < 4.78 is 9.02. The van der Waals surface area contributed by atoms with Crippen molar-refractivity contribution >= 4 is 40.3 Å². The normalized spacial score (nSPS) is 11.4. The van der Waals surface area contributed by atoms with Gasteiger partial charge in [0.1, 0.15) is 0 Å². The van der Waals surface area contributed by atoms with Gasteiger partial charge >= 0.3 is 0 Å². The molecule has 3 rings (SSSR count). The molecule has 0 saturated carbocycles. The van der Waals surface area contributed by atoms with E-state index in [2.05, 4.69) is 18.5 Å². The van der Waals surface area contributed by atoms with Crippen LogP contribution < -0.4 is 15.9 Å². The van der Waals surface area contributed by atoms with Crippen LogP contribution in [0, 0.1) is 13.8 Å². The second-order valence-corrected chi connectivity index (χ2v) is 6.48. The first-order valence-corrected chi connectivity index (χ1v) is 9.23. The summed E-state index contributed by atoms with van der Waals surface area (Å²) in [6.07, 6.45) is 0.906. The molecule has 24 heavy (non-hydrogen) atoms. The molecule has 0 amide bonds. The highest BCUT2D eigenvalue weighted by atomic mass is 31.0. The molecule has 2 aromatic heterocycles. The lowest BCUT2D eigenvalue weighted by atomic mass is 10.0. The minimum Gasteiger partial charge on any atom is -0.492 e. The minimum atomic E-state index is -0.0833. The molecule has 5 nitrogen and oxygen atoms in total. The number of ether oxygens (including phenoxy) is 1. The summed E-state index contributed by atoms with van der Waals surface area (Å²) in [6.45, 7) is 3.84. The van der Waals surface area contributed by atoms with E-state index in [1.54, 1.807) is 28.4 Å². The van der Waals surface area contributed by atoms with Crippen LogP contribution in [-0.4, -0.2) is 16.2 Å². The minimum absolute atomic E-state index is 0.0833. The lowest BCUT2D eigenvalue weighted by molar-refractivity contribution is 0.420. The van der Waals surface area contributed by atoms with Gasteiger partial charge in [0.2, 0.25) is 0 Å². The molecule has 0 fully saturated rings. The highest BCUT2D eigenvalue weighted by Crippen LogP contribution is 2.36. The molecule has 2 atom stereocenters. The lowest BCUT2D eigenvalue weighted by Gasteiger charge is -2.19. The van der Waals surface area contributed by atoms with Crippen LogP contribution in [0.1, 0.15) is 11.1 Å². The van der Waals surface area contributed by atoms with E-state index in [9.17, 15) is 9.59 Å². The zero-order valence-electron chi connectivity index (χ0n) is 13.9. The number of hydrogen-bond acceptors (Lipinski definition) is 3. The first-order chi connectivity index (χ1) is 11.4. The molecule has 0 aliphatic carbocycles. The first kappa shape index (κ1) is 17.1. The molecule has 2 heterocycles. The molecule has 0 aliphatic rings. The number of aryl methyl sites for hydroxylation is 2. The van der Waals surface area contributed by atoms with Gasteiger partial charge in [-0.1, -0.05) is 0 Å². The van der Waals surface area contributed by atoms with Gasteiger partial charge in [0.25, 0.3) is 11.1 Å². The molecule has 0 saturated heterocycles. The van der Waals surface area contributed by atoms with Crippen molar-refractivity contribution in [1.29, 1.82) is 0 Å². The summed E-state index contributed by atoms with van der Waals surface area (Å²) in [6, 6.07) is 5.32. The van der Waals surface area contributed by atoms with Crippen molar-refractivity contribution in [2.45, 2.75) is 26.4 Å². The van der Waals surface area contributed by atoms with E-state index in [0.717, 1.165) is 32.9 Å². The number of methoxy groups -OCH3 is 1. The van der Waals surface area contributed by atoms with Gasteiger partial charge in [0.15, 0.2) is 5.75 Å². The molecule has 0 N–H and O–H groups in total. The van der Waals surface area contributed by atoms with Gasteiger partial charge in [-0.05, 0) is 31.0 Å². The summed E-state index contributed by atoms with van der Waals surface area (Å²) in [5.74, 6) is 0.564. The molecule has 0 spiro atoms. The second-order valence-electron chi connectivity index (χ2n) is 5.75. The smallest absolute Gasteiger partial charge is 0.251 e. The van der Waals surface area contributed by atoms with Crippen molar-refractivity contribution in [3.05, 3.63) is 50.0 Å². The fraction of sp³-hybridized carbons (Fsp3) is 0.294.